The third-order valence-corrected chi connectivity index (χ3v) is 9.07. The van der Waals surface area contributed by atoms with Crippen LogP contribution in [0.15, 0.2) is 65.6 Å². The van der Waals surface area contributed by atoms with E-state index >= 15 is 0 Å². The molecular formula is C25H22ClN3O5S2. The Morgan fingerprint density at radius 2 is 1.89 bits per heavy atom. The third-order valence-electron chi connectivity index (χ3n) is 5.77. The number of thiazole rings is 1. The van der Waals surface area contributed by atoms with Gasteiger partial charge in [-0.25, -0.2) is 13.4 Å². The number of benzene rings is 3. The van der Waals surface area contributed by atoms with E-state index in [1.165, 1.54) is 41.0 Å². The number of aromatic nitrogens is 1. The van der Waals surface area contributed by atoms with Gasteiger partial charge in [-0.15, -0.1) is 11.3 Å². The number of halogens is 1. The maximum Gasteiger partial charge on any atom is 0.259 e. The van der Waals surface area contributed by atoms with Crippen molar-refractivity contribution in [3.05, 3.63) is 71.2 Å². The predicted molar refractivity (Wildman–Crippen MR) is 141 cm³/mol. The first kappa shape index (κ1) is 24.7. The van der Waals surface area contributed by atoms with Gasteiger partial charge >= 0.3 is 0 Å². The fraction of sp³-hybridized carbons (Fsp3) is 0.200. The van der Waals surface area contributed by atoms with Gasteiger partial charge in [-0.1, -0.05) is 23.7 Å². The van der Waals surface area contributed by atoms with Gasteiger partial charge in [-0.05, 0) is 48.5 Å². The number of hydrogen-bond acceptors (Lipinski definition) is 7. The Morgan fingerprint density at radius 1 is 1.11 bits per heavy atom. The Labute approximate surface area is 217 Å². The molecule has 0 spiro atoms. The molecule has 1 saturated heterocycles. The van der Waals surface area contributed by atoms with Gasteiger partial charge in [0.2, 0.25) is 10.0 Å². The van der Waals surface area contributed by atoms with Crippen molar-refractivity contribution in [1.82, 2.24) is 9.29 Å². The number of amides is 1. The fourth-order valence-electron chi connectivity index (χ4n) is 3.91. The Bertz CT molecular complexity index is 1520. The lowest BCUT2D eigenvalue weighted by Crippen LogP contribution is -2.40. The molecule has 0 aliphatic carbocycles. The molecule has 1 aromatic heterocycles. The maximum atomic E-state index is 13.3. The summed E-state index contributed by atoms with van der Waals surface area (Å²) in [5.74, 6) is -0.253. The van der Waals surface area contributed by atoms with Crippen LogP contribution in [0.1, 0.15) is 10.4 Å². The van der Waals surface area contributed by atoms with Crippen molar-refractivity contribution in [2.75, 3.05) is 38.7 Å². The number of carbonyl (C=O) groups excluding carboxylic acids is 1. The van der Waals surface area contributed by atoms with E-state index in [1.54, 1.807) is 18.2 Å². The second kappa shape index (κ2) is 10.2. The Balaban J connectivity index is 1.45. The molecule has 4 aromatic rings. The molecule has 3 aromatic carbocycles. The van der Waals surface area contributed by atoms with Crippen LogP contribution in [0.4, 0.5) is 5.69 Å². The van der Waals surface area contributed by atoms with Crippen LogP contribution in [0.2, 0.25) is 5.02 Å². The number of anilines is 1. The van der Waals surface area contributed by atoms with E-state index in [1.807, 2.05) is 24.3 Å². The first-order valence-electron chi connectivity index (χ1n) is 11.1. The van der Waals surface area contributed by atoms with Crippen LogP contribution in [0.25, 0.3) is 20.8 Å². The van der Waals surface area contributed by atoms with Crippen LogP contribution >= 0.6 is 22.9 Å². The van der Waals surface area contributed by atoms with Crippen molar-refractivity contribution in [1.29, 1.82) is 0 Å². The lowest BCUT2D eigenvalue weighted by Gasteiger charge is -2.26. The summed E-state index contributed by atoms with van der Waals surface area (Å²) in [4.78, 5) is 17.9. The van der Waals surface area contributed by atoms with Gasteiger partial charge in [-0.3, -0.25) is 4.79 Å². The minimum absolute atomic E-state index is 0.0154. The summed E-state index contributed by atoms with van der Waals surface area (Å²) in [7, 11) is -2.36. The highest BCUT2D eigenvalue weighted by molar-refractivity contribution is 7.89. The molecule has 0 bridgehead atoms. The van der Waals surface area contributed by atoms with Crippen LogP contribution in [0.5, 0.6) is 5.75 Å². The van der Waals surface area contributed by atoms with E-state index in [9.17, 15) is 13.2 Å². The van der Waals surface area contributed by atoms with Gasteiger partial charge in [0, 0.05) is 24.3 Å². The molecule has 0 atom stereocenters. The monoisotopic (exact) mass is 543 g/mol. The maximum absolute atomic E-state index is 13.3. The highest BCUT2D eigenvalue weighted by Gasteiger charge is 2.28. The zero-order chi connectivity index (χ0) is 25.3. The number of sulfonamides is 1. The Hall–Kier alpha value is -3.02. The second-order valence-electron chi connectivity index (χ2n) is 8.01. The summed E-state index contributed by atoms with van der Waals surface area (Å²) in [6.45, 7) is 1.18. The number of methoxy groups -OCH3 is 1. The number of nitrogens with zero attached hydrogens (tertiary/aromatic N) is 2. The average Bonchev–Trinajstić information content (AvgIpc) is 3.34. The van der Waals surface area contributed by atoms with Gasteiger partial charge in [0.25, 0.3) is 5.91 Å². The summed E-state index contributed by atoms with van der Waals surface area (Å²) in [6.07, 6.45) is 0. The van der Waals surface area contributed by atoms with E-state index in [0.29, 0.717) is 29.5 Å². The van der Waals surface area contributed by atoms with Crippen LogP contribution < -0.4 is 10.1 Å². The molecule has 36 heavy (non-hydrogen) atoms. The van der Waals surface area contributed by atoms with Crippen LogP contribution in [0, 0.1) is 0 Å². The van der Waals surface area contributed by atoms with Gasteiger partial charge in [0.05, 0.1) is 46.0 Å². The van der Waals surface area contributed by atoms with Gasteiger partial charge < -0.3 is 14.8 Å². The second-order valence-corrected chi connectivity index (χ2v) is 11.4. The molecule has 0 saturated carbocycles. The molecule has 8 nitrogen and oxygen atoms in total. The average molecular weight is 544 g/mol. The quantitative estimate of drug-likeness (QED) is 0.371. The first-order valence-corrected chi connectivity index (χ1v) is 13.7. The topological polar surface area (TPSA) is 97.8 Å². The largest absolute Gasteiger partial charge is 0.496 e. The summed E-state index contributed by atoms with van der Waals surface area (Å²) < 4.78 is 39.2. The zero-order valence-corrected chi connectivity index (χ0v) is 21.6. The third kappa shape index (κ3) is 4.82. The van der Waals surface area contributed by atoms with Crippen molar-refractivity contribution in [3.8, 4) is 16.3 Å². The SMILES string of the molecule is COc1ccc(S(=O)(=O)N2CCOCC2)cc1C(=O)Nc1ccc(Cl)c(-c2nc3ccccc3s2)c1. The summed E-state index contributed by atoms with van der Waals surface area (Å²) >= 11 is 7.96. The van der Waals surface area contributed by atoms with Crippen LogP contribution in [-0.2, 0) is 14.8 Å². The molecule has 1 amide bonds. The lowest BCUT2D eigenvalue weighted by atomic mass is 10.1. The minimum atomic E-state index is -3.78. The first-order chi connectivity index (χ1) is 17.4. The highest BCUT2D eigenvalue weighted by atomic mass is 35.5. The van der Waals surface area contributed by atoms with Gasteiger partial charge in [0.15, 0.2) is 0 Å². The molecule has 2 heterocycles. The number of ether oxygens (including phenoxy) is 2. The Kier molecular flexibility index (Phi) is 6.96. The molecule has 1 fully saturated rings. The van der Waals surface area contributed by atoms with Crippen molar-refractivity contribution in [2.45, 2.75) is 4.90 Å². The molecule has 0 unspecified atom stereocenters. The zero-order valence-electron chi connectivity index (χ0n) is 19.2. The number of carbonyl (C=O) groups is 1. The summed E-state index contributed by atoms with van der Waals surface area (Å²) in [5.41, 5.74) is 2.14. The lowest BCUT2D eigenvalue weighted by molar-refractivity contribution is 0.0730. The van der Waals surface area contributed by atoms with Crippen molar-refractivity contribution < 1.29 is 22.7 Å². The molecule has 1 N–H and O–H groups in total. The van der Waals surface area contributed by atoms with E-state index in [4.69, 9.17) is 21.1 Å². The van der Waals surface area contributed by atoms with Crippen molar-refractivity contribution in [2.24, 2.45) is 0 Å². The number of morpholine rings is 1. The molecule has 5 rings (SSSR count). The van der Waals surface area contributed by atoms with E-state index in [-0.39, 0.29) is 29.3 Å². The number of para-hydroxylation sites is 1. The Morgan fingerprint density at radius 3 is 2.64 bits per heavy atom. The fourth-order valence-corrected chi connectivity index (χ4v) is 6.61. The smallest absolute Gasteiger partial charge is 0.259 e. The molecule has 186 valence electrons. The standard InChI is InChI=1S/C25H22ClN3O5S2/c1-33-22-9-7-17(36(31,32)29-10-12-34-13-11-29)15-19(22)24(30)27-16-6-8-20(26)18(14-16)25-28-21-4-2-3-5-23(21)35-25/h2-9,14-15H,10-13H2,1H3,(H,27,30). The number of rotatable bonds is 6. The normalized spacial score (nSPS) is 14.6. The predicted octanol–water partition coefficient (Wildman–Crippen LogP) is 4.90. The number of nitrogens with one attached hydrogen (secondary N) is 1. The van der Waals surface area contributed by atoms with Crippen LogP contribution in [-0.4, -0.2) is 57.0 Å². The van der Waals surface area contributed by atoms with Gasteiger partial charge in [0.1, 0.15) is 10.8 Å². The molecule has 1 aliphatic rings. The minimum Gasteiger partial charge on any atom is -0.496 e. The van der Waals surface area contributed by atoms with Crippen molar-refractivity contribution >= 4 is 54.8 Å². The van der Waals surface area contributed by atoms with Crippen LogP contribution in [0.3, 0.4) is 0 Å². The molecular weight excluding hydrogens is 522 g/mol. The van der Waals surface area contributed by atoms with E-state index in [2.05, 4.69) is 10.3 Å². The van der Waals surface area contributed by atoms with Gasteiger partial charge in [-0.2, -0.15) is 4.31 Å². The molecule has 11 heteroatoms. The van der Waals surface area contributed by atoms with Crippen molar-refractivity contribution in [3.63, 3.8) is 0 Å². The highest BCUT2D eigenvalue weighted by Crippen LogP contribution is 2.36. The van der Waals surface area contributed by atoms with E-state index < -0.39 is 15.9 Å². The van der Waals surface area contributed by atoms with E-state index in [0.717, 1.165) is 15.2 Å². The summed E-state index contributed by atoms with van der Waals surface area (Å²) in [6, 6.07) is 17.2. The number of hydrogen-bond donors (Lipinski definition) is 1. The number of fused-ring (bicyclic) bond motifs is 1. The summed E-state index contributed by atoms with van der Waals surface area (Å²) in [5, 5.41) is 4.07. The molecule has 0 radical (unpaired) electrons. The molecule has 1 aliphatic heterocycles.